The Balaban J connectivity index is 1.83. The van der Waals surface area contributed by atoms with Gasteiger partial charge in [0.15, 0.2) is 4.21 Å². The van der Waals surface area contributed by atoms with Gasteiger partial charge < -0.3 is 4.57 Å². The van der Waals surface area contributed by atoms with Gasteiger partial charge in [-0.1, -0.05) is 6.92 Å². The molecule has 0 radical (unpaired) electrons. The van der Waals surface area contributed by atoms with Crippen LogP contribution in [-0.2, 0) is 23.5 Å². The molecule has 2 aromatic heterocycles. The maximum absolute atomic E-state index is 12.8. The Morgan fingerprint density at radius 2 is 2.27 bits per heavy atom. The van der Waals surface area contributed by atoms with Crippen molar-refractivity contribution >= 4 is 21.4 Å². The molecule has 1 aliphatic heterocycles. The van der Waals surface area contributed by atoms with Crippen molar-refractivity contribution in [2.24, 2.45) is 7.05 Å². The van der Waals surface area contributed by atoms with Gasteiger partial charge in [0, 0.05) is 26.1 Å². The average molecular weight is 341 g/mol. The molecule has 1 atom stereocenters. The molecule has 0 bridgehead atoms. The fourth-order valence-electron chi connectivity index (χ4n) is 2.74. The Hall–Kier alpha value is -1.32. The summed E-state index contributed by atoms with van der Waals surface area (Å²) in [6.07, 6.45) is 5.64. The lowest BCUT2D eigenvalue weighted by Crippen LogP contribution is -2.39. The van der Waals surface area contributed by atoms with Crippen LogP contribution in [0.5, 0.6) is 0 Å². The van der Waals surface area contributed by atoms with E-state index in [1.165, 1.54) is 17.5 Å². The van der Waals surface area contributed by atoms with Gasteiger partial charge in [-0.05, 0) is 19.3 Å². The maximum Gasteiger partial charge on any atom is 0.254 e. The number of hydrogen-bond acceptors (Lipinski definition) is 6. The molecule has 0 N–H and O–H groups in total. The lowest BCUT2D eigenvalue weighted by molar-refractivity contribution is 0.306. The van der Waals surface area contributed by atoms with E-state index in [4.69, 9.17) is 0 Å². The predicted octanol–water partition coefficient (Wildman–Crippen LogP) is 1.40. The van der Waals surface area contributed by atoms with Gasteiger partial charge in [-0.2, -0.15) is 4.31 Å². The Morgan fingerprint density at radius 3 is 2.91 bits per heavy atom. The summed E-state index contributed by atoms with van der Waals surface area (Å²) in [6, 6.07) is 0. The maximum atomic E-state index is 12.8. The minimum Gasteiger partial charge on any atom is -0.320 e. The van der Waals surface area contributed by atoms with E-state index in [0.29, 0.717) is 17.3 Å². The molecule has 22 heavy (non-hydrogen) atoms. The molecule has 0 amide bonds. The van der Waals surface area contributed by atoms with Crippen LogP contribution in [0.15, 0.2) is 16.7 Å². The Labute approximate surface area is 134 Å². The fourth-order valence-corrected chi connectivity index (χ4v) is 5.54. The third-order valence-electron chi connectivity index (χ3n) is 3.92. The molecular weight excluding hydrogens is 322 g/mol. The van der Waals surface area contributed by atoms with Crippen LogP contribution < -0.4 is 0 Å². The van der Waals surface area contributed by atoms with E-state index in [1.807, 2.05) is 18.5 Å². The Morgan fingerprint density at radius 1 is 1.45 bits per heavy atom. The number of nitrogens with zero attached hydrogens (tertiary/aromatic N) is 5. The van der Waals surface area contributed by atoms with Gasteiger partial charge in [-0.25, -0.2) is 13.4 Å². The van der Waals surface area contributed by atoms with E-state index in [2.05, 4.69) is 15.2 Å². The molecule has 2 aromatic rings. The largest absolute Gasteiger partial charge is 0.320 e. The summed E-state index contributed by atoms with van der Waals surface area (Å²) in [6.45, 7) is 2.98. The molecule has 3 rings (SSSR count). The van der Waals surface area contributed by atoms with Crippen molar-refractivity contribution in [1.82, 2.24) is 24.1 Å². The van der Waals surface area contributed by atoms with E-state index < -0.39 is 10.0 Å². The van der Waals surface area contributed by atoms with Crippen molar-refractivity contribution in [2.75, 3.05) is 13.1 Å². The number of aryl methyl sites for hydroxylation is 2. The zero-order chi connectivity index (χ0) is 15.7. The number of piperidine rings is 1. The molecule has 0 aromatic carbocycles. The van der Waals surface area contributed by atoms with Gasteiger partial charge in [-0.3, -0.25) is 0 Å². The molecule has 1 aliphatic rings. The van der Waals surface area contributed by atoms with Crippen LogP contribution in [0.1, 0.15) is 36.5 Å². The number of rotatable bonds is 4. The van der Waals surface area contributed by atoms with Crippen molar-refractivity contribution in [3.05, 3.63) is 23.4 Å². The summed E-state index contributed by atoms with van der Waals surface area (Å²) in [4.78, 5) is 4.17. The Kier molecular flexibility index (Phi) is 4.28. The van der Waals surface area contributed by atoms with Gasteiger partial charge in [0.05, 0.1) is 11.2 Å². The highest BCUT2D eigenvalue weighted by molar-refractivity contribution is 7.91. The standard InChI is InChI=1S/C13H19N5O2S2/c1-3-11-14-7-12(21-11)22(19,20)18-6-4-5-10(8-18)13-16-15-9-17(13)2/h7,9-10H,3-6,8H2,1-2H3. The molecule has 9 heteroatoms. The first-order valence-electron chi connectivity index (χ1n) is 7.31. The van der Waals surface area contributed by atoms with Crippen LogP contribution in [0, 0.1) is 0 Å². The number of sulfonamides is 1. The summed E-state index contributed by atoms with van der Waals surface area (Å²) in [7, 11) is -1.57. The van der Waals surface area contributed by atoms with E-state index in [9.17, 15) is 8.42 Å². The molecule has 1 fully saturated rings. The molecule has 1 unspecified atom stereocenters. The first-order chi connectivity index (χ1) is 10.5. The second-order valence-electron chi connectivity index (χ2n) is 5.43. The third-order valence-corrected chi connectivity index (χ3v) is 7.37. The molecule has 0 saturated carbocycles. The normalized spacial score (nSPS) is 20.4. The monoisotopic (exact) mass is 341 g/mol. The number of thiazole rings is 1. The summed E-state index contributed by atoms with van der Waals surface area (Å²) in [5.74, 6) is 0.938. The highest BCUT2D eigenvalue weighted by atomic mass is 32.2. The highest BCUT2D eigenvalue weighted by Gasteiger charge is 2.33. The second kappa shape index (κ2) is 6.05. The minimum atomic E-state index is -3.46. The lowest BCUT2D eigenvalue weighted by atomic mass is 9.99. The molecule has 3 heterocycles. The van der Waals surface area contributed by atoms with Crippen molar-refractivity contribution in [3.63, 3.8) is 0 Å². The summed E-state index contributed by atoms with van der Waals surface area (Å²) >= 11 is 1.26. The van der Waals surface area contributed by atoms with E-state index >= 15 is 0 Å². The SMILES string of the molecule is CCc1ncc(S(=O)(=O)N2CCCC(c3nncn3C)C2)s1. The zero-order valence-electron chi connectivity index (χ0n) is 12.6. The van der Waals surface area contributed by atoms with Crippen LogP contribution in [0.2, 0.25) is 0 Å². The lowest BCUT2D eigenvalue weighted by Gasteiger charge is -2.30. The van der Waals surface area contributed by atoms with Crippen molar-refractivity contribution in [2.45, 2.75) is 36.3 Å². The van der Waals surface area contributed by atoms with E-state index in [0.717, 1.165) is 30.1 Å². The van der Waals surface area contributed by atoms with Crippen LogP contribution in [0.25, 0.3) is 0 Å². The Bertz CT molecular complexity index is 752. The summed E-state index contributed by atoms with van der Waals surface area (Å²) in [5, 5.41) is 8.87. The number of hydrogen-bond donors (Lipinski definition) is 0. The molecule has 120 valence electrons. The molecular formula is C13H19N5O2S2. The van der Waals surface area contributed by atoms with Crippen LogP contribution in [0.4, 0.5) is 0 Å². The van der Waals surface area contributed by atoms with Crippen LogP contribution in [-0.4, -0.2) is 45.6 Å². The zero-order valence-corrected chi connectivity index (χ0v) is 14.3. The number of aromatic nitrogens is 4. The van der Waals surface area contributed by atoms with Gasteiger partial charge in [0.1, 0.15) is 12.2 Å². The molecule has 7 nitrogen and oxygen atoms in total. The predicted molar refractivity (Wildman–Crippen MR) is 83.2 cm³/mol. The first-order valence-corrected chi connectivity index (χ1v) is 9.56. The van der Waals surface area contributed by atoms with Crippen molar-refractivity contribution in [3.8, 4) is 0 Å². The fraction of sp³-hybridized carbons (Fsp3) is 0.615. The minimum absolute atomic E-state index is 0.0922. The van der Waals surface area contributed by atoms with E-state index in [1.54, 1.807) is 10.6 Å². The highest BCUT2D eigenvalue weighted by Crippen LogP contribution is 2.30. The van der Waals surface area contributed by atoms with Crippen LogP contribution >= 0.6 is 11.3 Å². The van der Waals surface area contributed by atoms with Gasteiger partial charge in [0.2, 0.25) is 0 Å². The van der Waals surface area contributed by atoms with Crippen molar-refractivity contribution < 1.29 is 8.42 Å². The third kappa shape index (κ3) is 2.80. The van der Waals surface area contributed by atoms with Gasteiger partial charge in [-0.15, -0.1) is 21.5 Å². The topological polar surface area (TPSA) is 81.0 Å². The van der Waals surface area contributed by atoms with E-state index in [-0.39, 0.29) is 5.92 Å². The quantitative estimate of drug-likeness (QED) is 0.840. The molecule has 0 aliphatic carbocycles. The summed E-state index contributed by atoms with van der Waals surface area (Å²) < 4.78 is 29.3. The second-order valence-corrected chi connectivity index (χ2v) is 8.71. The summed E-state index contributed by atoms with van der Waals surface area (Å²) in [5.41, 5.74) is 0. The van der Waals surface area contributed by atoms with Crippen LogP contribution in [0.3, 0.4) is 0 Å². The average Bonchev–Trinajstić information content (AvgIpc) is 3.16. The smallest absolute Gasteiger partial charge is 0.254 e. The van der Waals surface area contributed by atoms with Crippen molar-refractivity contribution in [1.29, 1.82) is 0 Å². The molecule has 1 saturated heterocycles. The van der Waals surface area contributed by atoms with Gasteiger partial charge in [0.25, 0.3) is 10.0 Å². The first kappa shape index (κ1) is 15.6. The van der Waals surface area contributed by atoms with Gasteiger partial charge >= 0.3 is 0 Å². The molecule has 0 spiro atoms.